The van der Waals surface area contributed by atoms with Gasteiger partial charge in [0.2, 0.25) is 0 Å². The number of halogens is 1. The standard InChI is InChI=1S/C18H20N2O6.ClH/c19-17(10-13-4-2-1-3-5-13)18(22)26-12-15(21)11-25-16-8-6-14(7-9-16)20(23)24;/h1-9,15,17,21H,10-12,19H2;1H/t15?,17-;/m0./s1. The Bertz CT molecular complexity index is 726. The molecule has 2 rings (SSSR count). The number of hydrogen-bond donors (Lipinski definition) is 2. The molecule has 146 valence electrons. The highest BCUT2D eigenvalue weighted by molar-refractivity contribution is 5.85. The number of aliphatic hydroxyl groups is 1. The van der Waals surface area contributed by atoms with Crippen LogP contribution in [0.5, 0.6) is 5.75 Å². The molecule has 0 aliphatic rings. The van der Waals surface area contributed by atoms with E-state index in [1.165, 1.54) is 24.3 Å². The summed E-state index contributed by atoms with van der Waals surface area (Å²) in [5, 5.41) is 20.4. The molecule has 0 heterocycles. The Labute approximate surface area is 162 Å². The molecule has 1 unspecified atom stereocenters. The van der Waals surface area contributed by atoms with E-state index >= 15 is 0 Å². The first-order chi connectivity index (χ1) is 12.5. The van der Waals surface area contributed by atoms with Gasteiger partial charge in [-0.3, -0.25) is 14.9 Å². The zero-order valence-electron chi connectivity index (χ0n) is 14.4. The topological polar surface area (TPSA) is 125 Å². The average Bonchev–Trinajstić information content (AvgIpc) is 2.65. The zero-order chi connectivity index (χ0) is 18.9. The van der Waals surface area contributed by atoms with Gasteiger partial charge < -0.3 is 20.3 Å². The van der Waals surface area contributed by atoms with E-state index in [1.807, 2.05) is 30.3 Å². The predicted molar refractivity (Wildman–Crippen MR) is 101 cm³/mol. The minimum atomic E-state index is -1.04. The molecule has 0 bridgehead atoms. The molecule has 3 N–H and O–H groups in total. The van der Waals surface area contributed by atoms with Crippen LogP contribution in [0.1, 0.15) is 5.56 Å². The van der Waals surface area contributed by atoms with Crippen molar-refractivity contribution in [3.63, 3.8) is 0 Å². The molecule has 0 fully saturated rings. The Morgan fingerprint density at radius 3 is 2.33 bits per heavy atom. The van der Waals surface area contributed by atoms with E-state index in [-0.39, 0.29) is 31.3 Å². The lowest BCUT2D eigenvalue weighted by Crippen LogP contribution is -2.36. The highest BCUT2D eigenvalue weighted by Gasteiger charge is 2.17. The van der Waals surface area contributed by atoms with E-state index in [2.05, 4.69) is 0 Å². The fraction of sp³-hybridized carbons (Fsp3) is 0.278. The first-order valence-corrected chi connectivity index (χ1v) is 7.97. The highest BCUT2D eigenvalue weighted by atomic mass is 35.5. The van der Waals surface area contributed by atoms with Crippen molar-refractivity contribution >= 4 is 24.1 Å². The third-order valence-corrected chi connectivity index (χ3v) is 3.51. The molecular weight excluding hydrogens is 376 g/mol. The minimum Gasteiger partial charge on any atom is -0.491 e. The molecule has 9 heteroatoms. The second kappa shape index (κ2) is 11.1. The van der Waals surface area contributed by atoms with Crippen molar-refractivity contribution < 1.29 is 24.3 Å². The number of ether oxygens (including phenoxy) is 2. The Balaban J connectivity index is 0.00000364. The number of non-ortho nitro benzene ring substituents is 1. The number of nitrogens with zero attached hydrogens (tertiary/aromatic N) is 1. The molecule has 0 saturated heterocycles. The second-order valence-corrected chi connectivity index (χ2v) is 5.64. The number of nitro groups is 1. The van der Waals surface area contributed by atoms with Gasteiger partial charge in [0.1, 0.15) is 31.1 Å². The summed E-state index contributed by atoms with van der Waals surface area (Å²) in [7, 11) is 0. The number of rotatable bonds is 9. The van der Waals surface area contributed by atoms with Crippen molar-refractivity contribution in [3.05, 3.63) is 70.3 Å². The Kier molecular flexibility index (Phi) is 9.21. The zero-order valence-corrected chi connectivity index (χ0v) is 15.2. The van der Waals surface area contributed by atoms with Crippen LogP contribution in [0.2, 0.25) is 0 Å². The minimum absolute atomic E-state index is 0. The lowest BCUT2D eigenvalue weighted by molar-refractivity contribution is -0.384. The smallest absolute Gasteiger partial charge is 0.323 e. The van der Waals surface area contributed by atoms with Gasteiger partial charge in [-0.1, -0.05) is 30.3 Å². The summed E-state index contributed by atoms with van der Waals surface area (Å²) in [4.78, 5) is 21.9. The third-order valence-electron chi connectivity index (χ3n) is 3.51. The quantitative estimate of drug-likeness (QED) is 0.376. The average molecular weight is 397 g/mol. The fourth-order valence-corrected chi connectivity index (χ4v) is 2.14. The lowest BCUT2D eigenvalue weighted by Gasteiger charge is -2.15. The molecule has 27 heavy (non-hydrogen) atoms. The van der Waals surface area contributed by atoms with Gasteiger partial charge in [-0.05, 0) is 24.1 Å². The van der Waals surface area contributed by atoms with Gasteiger partial charge in [-0.2, -0.15) is 0 Å². The molecule has 2 aromatic rings. The van der Waals surface area contributed by atoms with Crippen LogP contribution in [0.15, 0.2) is 54.6 Å². The van der Waals surface area contributed by atoms with Gasteiger partial charge >= 0.3 is 5.97 Å². The van der Waals surface area contributed by atoms with Crippen molar-refractivity contribution in [2.24, 2.45) is 5.73 Å². The fourth-order valence-electron chi connectivity index (χ4n) is 2.14. The molecular formula is C18H21ClN2O6. The maximum Gasteiger partial charge on any atom is 0.323 e. The van der Waals surface area contributed by atoms with Crippen molar-refractivity contribution in [2.75, 3.05) is 13.2 Å². The number of aliphatic hydroxyl groups excluding tert-OH is 1. The molecule has 8 nitrogen and oxygen atoms in total. The molecule has 0 aliphatic heterocycles. The third kappa shape index (κ3) is 7.61. The molecule has 0 amide bonds. The van der Waals surface area contributed by atoms with Gasteiger partial charge in [0, 0.05) is 12.1 Å². The normalized spacial score (nSPS) is 12.4. The molecule has 2 aromatic carbocycles. The number of carbonyl (C=O) groups is 1. The van der Waals surface area contributed by atoms with E-state index in [1.54, 1.807) is 0 Å². The number of hydrogen-bond acceptors (Lipinski definition) is 7. The van der Waals surface area contributed by atoms with E-state index < -0.39 is 23.0 Å². The first kappa shape index (κ1) is 22.4. The van der Waals surface area contributed by atoms with Crippen molar-refractivity contribution in [1.29, 1.82) is 0 Å². The Morgan fingerprint density at radius 2 is 1.74 bits per heavy atom. The maximum absolute atomic E-state index is 11.9. The summed E-state index contributed by atoms with van der Waals surface area (Å²) in [6.07, 6.45) is -0.701. The summed E-state index contributed by atoms with van der Waals surface area (Å²) < 4.78 is 10.3. The summed E-state index contributed by atoms with van der Waals surface area (Å²) in [6, 6.07) is 13.9. The summed E-state index contributed by atoms with van der Waals surface area (Å²) in [6.45, 7) is -0.382. The van der Waals surface area contributed by atoms with Crippen molar-refractivity contribution in [1.82, 2.24) is 0 Å². The van der Waals surface area contributed by atoms with Crippen LogP contribution >= 0.6 is 12.4 Å². The summed E-state index contributed by atoms with van der Waals surface area (Å²) in [5.74, 6) is -0.245. The second-order valence-electron chi connectivity index (χ2n) is 5.64. The van der Waals surface area contributed by atoms with Crippen LogP contribution in [-0.2, 0) is 16.0 Å². The summed E-state index contributed by atoms with van der Waals surface area (Å²) in [5.41, 5.74) is 6.66. The summed E-state index contributed by atoms with van der Waals surface area (Å²) >= 11 is 0. The van der Waals surface area contributed by atoms with Crippen LogP contribution in [-0.4, -0.2) is 41.4 Å². The van der Waals surface area contributed by atoms with E-state index in [0.29, 0.717) is 12.2 Å². The van der Waals surface area contributed by atoms with Gasteiger partial charge in [-0.25, -0.2) is 0 Å². The lowest BCUT2D eigenvalue weighted by atomic mass is 10.1. The largest absolute Gasteiger partial charge is 0.491 e. The number of nitro benzene ring substituents is 1. The van der Waals surface area contributed by atoms with Crippen LogP contribution in [0.3, 0.4) is 0 Å². The molecule has 0 spiro atoms. The van der Waals surface area contributed by atoms with E-state index in [0.717, 1.165) is 5.56 Å². The van der Waals surface area contributed by atoms with Gasteiger partial charge in [0.05, 0.1) is 4.92 Å². The van der Waals surface area contributed by atoms with Gasteiger partial charge in [-0.15, -0.1) is 12.4 Å². The number of benzene rings is 2. The van der Waals surface area contributed by atoms with Crippen LogP contribution in [0.4, 0.5) is 5.69 Å². The number of carbonyl (C=O) groups excluding carboxylic acids is 1. The van der Waals surface area contributed by atoms with Crippen molar-refractivity contribution in [3.8, 4) is 5.75 Å². The van der Waals surface area contributed by atoms with Crippen LogP contribution in [0, 0.1) is 10.1 Å². The van der Waals surface area contributed by atoms with E-state index in [9.17, 15) is 20.0 Å². The maximum atomic E-state index is 11.9. The molecule has 0 radical (unpaired) electrons. The van der Waals surface area contributed by atoms with Crippen LogP contribution in [0.25, 0.3) is 0 Å². The highest BCUT2D eigenvalue weighted by Crippen LogP contribution is 2.17. The SMILES string of the molecule is Cl.N[C@@H](Cc1ccccc1)C(=O)OCC(O)COc1ccc([N+](=O)[O-])cc1. The van der Waals surface area contributed by atoms with Gasteiger partial charge in [0.15, 0.2) is 0 Å². The number of nitrogens with two attached hydrogens (primary N) is 1. The molecule has 0 aliphatic carbocycles. The van der Waals surface area contributed by atoms with Crippen LogP contribution < -0.4 is 10.5 Å². The number of esters is 1. The first-order valence-electron chi connectivity index (χ1n) is 7.97. The molecule has 2 atom stereocenters. The molecule has 0 aromatic heterocycles. The van der Waals surface area contributed by atoms with E-state index in [4.69, 9.17) is 15.2 Å². The Morgan fingerprint density at radius 1 is 1.11 bits per heavy atom. The Hall–Kier alpha value is -2.68. The monoisotopic (exact) mass is 396 g/mol. The molecule has 0 saturated carbocycles. The predicted octanol–water partition coefficient (Wildman–Crippen LogP) is 1.87. The van der Waals surface area contributed by atoms with Crippen molar-refractivity contribution in [2.45, 2.75) is 18.6 Å². The van der Waals surface area contributed by atoms with Gasteiger partial charge in [0.25, 0.3) is 5.69 Å².